The van der Waals surface area contributed by atoms with Gasteiger partial charge in [-0.3, -0.25) is 9.69 Å². The van der Waals surface area contributed by atoms with Gasteiger partial charge in [-0.15, -0.1) is 23.1 Å². The van der Waals surface area contributed by atoms with Gasteiger partial charge >= 0.3 is 5.97 Å². The highest BCUT2D eigenvalue weighted by atomic mass is 32.2. The van der Waals surface area contributed by atoms with Crippen molar-refractivity contribution in [3.05, 3.63) is 27.6 Å². The van der Waals surface area contributed by atoms with E-state index in [0.717, 1.165) is 16.0 Å². The fraction of sp³-hybridized carbons (Fsp3) is 0.333. The first-order chi connectivity index (χ1) is 9.02. The summed E-state index contributed by atoms with van der Waals surface area (Å²) in [5.74, 6) is -0.792. The van der Waals surface area contributed by atoms with Gasteiger partial charge in [-0.1, -0.05) is 0 Å². The topological polar surface area (TPSA) is 83.6 Å². The Kier molecular flexibility index (Phi) is 2.92. The summed E-state index contributed by atoms with van der Waals surface area (Å²) < 4.78 is 0. The average molecular weight is 296 g/mol. The maximum atomic E-state index is 11.8. The zero-order chi connectivity index (χ0) is 13.7. The number of carbonyl (C=O) groups excluding carboxylic acids is 1. The Morgan fingerprint density at radius 2 is 2.32 bits per heavy atom. The monoisotopic (exact) mass is 296 g/mol. The lowest BCUT2D eigenvalue weighted by Gasteiger charge is -2.47. The van der Waals surface area contributed by atoms with Crippen LogP contribution < -0.4 is 5.73 Å². The summed E-state index contributed by atoms with van der Waals surface area (Å²) in [5.41, 5.74) is 7.57. The standard InChI is InChI=1S/C12H12N2O3S2/c1-5-2-3-18-9(5)6-4-19-11-7(13)10(15)14(11)8(6)12(16)17/h2-3,7,11H,4,13H2,1H3,(H,16,17)/t7?,11-/m0/s1. The van der Waals surface area contributed by atoms with Crippen LogP contribution in [0.5, 0.6) is 0 Å². The summed E-state index contributed by atoms with van der Waals surface area (Å²) in [5, 5.41) is 11.1. The van der Waals surface area contributed by atoms with Crippen molar-refractivity contribution < 1.29 is 14.7 Å². The molecule has 1 saturated heterocycles. The summed E-state index contributed by atoms with van der Waals surface area (Å²) in [6.07, 6.45) is 0. The van der Waals surface area contributed by atoms with Crippen LogP contribution in [0.25, 0.3) is 5.57 Å². The third-order valence-corrected chi connectivity index (χ3v) is 5.73. The molecule has 1 amide bonds. The molecule has 100 valence electrons. The number of carboxylic acid groups (broad SMARTS) is 1. The van der Waals surface area contributed by atoms with E-state index in [2.05, 4.69) is 0 Å². The first kappa shape index (κ1) is 12.7. The van der Waals surface area contributed by atoms with Crippen molar-refractivity contribution >= 4 is 40.5 Å². The SMILES string of the molecule is Cc1ccsc1C1=C(C(=O)O)N2C(=O)C(N)[C@@H]2SC1. The van der Waals surface area contributed by atoms with E-state index in [4.69, 9.17) is 5.73 Å². The second-order valence-electron chi connectivity index (χ2n) is 4.50. The summed E-state index contributed by atoms with van der Waals surface area (Å²) in [6, 6.07) is 1.37. The number of hydrogen-bond donors (Lipinski definition) is 2. The van der Waals surface area contributed by atoms with Crippen molar-refractivity contribution in [1.82, 2.24) is 4.90 Å². The predicted octanol–water partition coefficient (Wildman–Crippen LogP) is 1.09. The minimum atomic E-state index is -1.06. The van der Waals surface area contributed by atoms with E-state index in [1.807, 2.05) is 18.4 Å². The molecule has 1 aromatic rings. The summed E-state index contributed by atoms with van der Waals surface area (Å²) in [6.45, 7) is 1.94. The first-order valence-corrected chi connectivity index (χ1v) is 7.66. The van der Waals surface area contributed by atoms with Gasteiger partial charge < -0.3 is 10.8 Å². The lowest BCUT2D eigenvalue weighted by Crippen LogP contribution is -2.68. The second-order valence-corrected chi connectivity index (χ2v) is 6.52. The first-order valence-electron chi connectivity index (χ1n) is 5.73. The van der Waals surface area contributed by atoms with Gasteiger partial charge in [0.15, 0.2) is 0 Å². The van der Waals surface area contributed by atoms with Crippen LogP contribution in [0.15, 0.2) is 17.1 Å². The number of thiophene rings is 1. The summed E-state index contributed by atoms with van der Waals surface area (Å²) >= 11 is 3.03. The summed E-state index contributed by atoms with van der Waals surface area (Å²) in [4.78, 5) is 25.6. The van der Waals surface area contributed by atoms with Crippen LogP contribution in [0.3, 0.4) is 0 Å². The number of carbonyl (C=O) groups is 2. The van der Waals surface area contributed by atoms with E-state index in [0.29, 0.717) is 5.75 Å². The quantitative estimate of drug-likeness (QED) is 0.798. The molecule has 1 unspecified atom stereocenters. The second kappa shape index (κ2) is 4.36. The number of β-lactam (4-membered cyclic amide) rings is 1. The van der Waals surface area contributed by atoms with Crippen molar-refractivity contribution in [2.24, 2.45) is 5.73 Å². The van der Waals surface area contributed by atoms with Crippen LogP contribution in [0, 0.1) is 6.92 Å². The van der Waals surface area contributed by atoms with Gasteiger partial charge in [0, 0.05) is 16.2 Å². The van der Waals surface area contributed by atoms with E-state index < -0.39 is 12.0 Å². The van der Waals surface area contributed by atoms with E-state index >= 15 is 0 Å². The fourth-order valence-electron chi connectivity index (χ4n) is 2.37. The van der Waals surface area contributed by atoms with Crippen LogP contribution in [0.1, 0.15) is 10.4 Å². The fourth-order valence-corrected chi connectivity index (χ4v) is 4.74. The van der Waals surface area contributed by atoms with Gasteiger partial charge in [0.25, 0.3) is 0 Å². The van der Waals surface area contributed by atoms with Crippen LogP contribution in [-0.2, 0) is 9.59 Å². The number of nitrogens with zero attached hydrogens (tertiary/aromatic N) is 1. The Morgan fingerprint density at radius 1 is 1.58 bits per heavy atom. The van der Waals surface area contributed by atoms with Crippen molar-refractivity contribution in [2.45, 2.75) is 18.3 Å². The number of aryl methyl sites for hydroxylation is 1. The number of carboxylic acids is 1. The number of nitrogens with two attached hydrogens (primary N) is 1. The molecule has 0 bridgehead atoms. The van der Waals surface area contributed by atoms with Gasteiger partial charge in [0.05, 0.1) is 0 Å². The van der Waals surface area contributed by atoms with Gasteiger partial charge in [-0.25, -0.2) is 4.79 Å². The molecule has 0 aromatic carbocycles. The van der Waals surface area contributed by atoms with E-state index in [-0.39, 0.29) is 17.0 Å². The minimum Gasteiger partial charge on any atom is -0.477 e. The molecule has 0 aliphatic carbocycles. The molecule has 7 heteroatoms. The van der Waals surface area contributed by atoms with Crippen LogP contribution >= 0.6 is 23.1 Å². The maximum absolute atomic E-state index is 11.8. The van der Waals surface area contributed by atoms with E-state index in [1.54, 1.807) is 0 Å². The predicted molar refractivity (Wildman–Crippen MR) is 74.7 cm³/mol. The van der Waals surface area contributed by atoms with Crippen molar-refractivity contribution in [3.8, 4) is 0 Å². The van der Waals surface area contributed by atoms with E-state index in [9.17, 15) is 14.7 Å². The Labute approximate surface area is 118 Å². The molecule has 0 spiro atoms. The third-order valence-electron chi connectivity index (χ3n) is 3.35. The van der Waals surface area contributed by atoms with E-state index in [1.165, 1.54) is 28.0 Å². The minimum absolute atomic E-state index is 0.0981. The molecular formula is C12H12N2O3S2. The molecule has 2 aliphatic heterocycles. The number of hydrogen-bond acceptors (Lipinski definition) is 5. The van der Waals surface area contributed by atoms with Gasteiger partial charge in [-0.05, 0) is 23.9 Å². The molecule has 0 saturated carbocycles. The highest BCUT2D eigenvalue weighted by molar-refractivity contribution is 8.00. The molecule has 1 aromatic heterocycles. The Balaban J connectivity index is 2.13. The number of aliphatic carboxylic acids is 1. The smallest absolute Gasteiger partial charge is 0.353 e. The number of rotatable bonds is 2. The highest BCUT2D eigenvalue weighted by Crippen LogP contribution is 2.44. The number of amides is 1. The molecule has 3 heterocycles. The van der Waals surface area contributed by atoms with Gasteiger partial charge in [0.2, 0.25) is 5.91 Å². The van der Waals surface area contributed by atoms with Crippen molar-refractivity contribution in [3.63, 3.8) is 0 Å². The lowest BCUT2D eigenvalue weighted by molar-refractivity contribution is -0.147. The number of fused-ring (bicyclic) bond motifs is 1. The molecule has 2 atom stereocenters. The van der Waals surface area contributed by atoms with Crippen molar-refractivity contribution in [2.75, 3.05) is 5.75 Å². The largest absolute Gasteiger partial charge is 0.477 e. The highest BCUT2D eigenvalue weighted by Gasteiger charge is 2.52. The maximum Gasteiger partial charge on any atom is 0.353 e. The molecular weight excluding hydrogens is 284 g/mol. The van der Waals surface area contributed by atoms with Crippen LogP contribution in [0.2, 0.25) is 0 Å². The molecule has 0 radical (unpaired) electrons. The van der Waals surface area contributed by atoms with Crippen LogP contribution in [0.4, 0.5) is 0 Å². The molecule has 3 N–H and O–H groups in total. The molecule has 3 rings (SSSR count). The summed E-state index contributed by atoms with van der Waals surface area (Å²) in [7, 11) is 0. The normalized spacial score (nSPS) is 26.2. The van der Waals surface area contributed by atoms with Crippen LogP contribution in [-0.4, -0.2) is 39.1 Å². The van der Waals surface area contributed by atoms with Crippen molar-refractivity contribution in [1.29, 1.82) is 0 Å². The van der Waals surface area contributed by atoms with Gasteiger partial charge in [-0.2, -0.15) is 0 Å². The Morgan fingerprint density at radius 3 is 2.89 bits per heavy atom. The Bertz CT molecular complexity index is 608. The molecule has 19 heavy (non-hydrogen) atoms. The Hall–Kier alpha value is -1.31. The van der Waals surface area contributed by atoms with Gasteiger partial charge in [0.1, 0.15) is 17.1 Å². The molecule has 1 fully saturated rings. The third kappa shape index (κ3) is 1.73. The molecule has 2 aliphatic rings. The average Bonchev–Trinajstić information content (AvgIpc) is 2.82. The molecule has 5 nitrogen and oxygen atoms in total. The zero-order valence-corrected chi connectivity index (χ0v) is 11.8. The zero-order valence-electron chi connectivity index (χ0n) is 10.1. The lowest BCUT2D eigenvalue weighted by atomic mass is 10.0. The number of thioether (sulfide) groups is 1.